The number of fused-ring (bicyclic) bond motifs is 1. The van der Waals surface area contributed by atoms with Gasteiger partial charge in [0.2, 0.25) is 5.91 Å². The Hall–Kier alpha value is -1.04. The summed E-state index contributed by atoms with van der Waals surface area (Å²) in [6.07, 6.45) is 2.03. The molecule has 1 aliphatic heterocycles. The second-order valence-electron chi connectivity index (χ2n) is 3.37. The Labute approximate surface area is 65.6 Å². The molecule has 2 rings (SSSR count). The van der Waals surface area contributed by atoms with Crippen LogP contribution in [0.2, 0.25) is 0 Å². The number of piperidine rings is 1. The molecule has 58 valence electrons. The second kappa shape index (κ2) is 1.97. The van der Waals surface area contributed by atoms with Crippen LogP contribution in [0.1, 0.15) is 19.8 Å². The van der Waals surface area contributed by atoms with Gasteiger partial charge in [0.15, 0.2) is 0 Å². The summed E-state index contributed by atoms with van der Waals surface area (Å²) in [5, 5.41) is 8.68. The summed E-state index contributed by atoms with van der Waals surface area (Å²) in [6.45, 7) is 1.55. The van der Waals surface area contributed by atoms with Crippen molar-refractivity contribution in [3.8, 4) is 6.07 Å². The third kappa shape index (κ3) is 0.823. The van der Waals surface area contributed by atoms with Crippen molar-refractivity contribution in [2.75, 3.05) is 0 Å². The lowest BCUT2D eigenvalue weighted by Gasteiger charge is -2.20. The summed E-state index contributed by atoms with van der Waals surface area (Å²) in [5.41, 5.74) is 0. The van der Waals surface area contributed by atoms with Crippen molar-refractivity contribution < 1.29 is 4.79 Å². The minimum Gasteiger partial charge on any atom is -0.324 e. The second-order valence-corrected chi connectivity index (χ2v) is 3.37. The maximum Gasteiger partial charge on any atom is 0.220 e. The number of nitrogens with zero attached hydrogens (tertiary/aromatic N) is 2. The first-order chi connectivity index (χ1) is 5.24. The molecule has 1 heterocycles. The van der Waals surface area contributed by atoms with Crippen LogP contribution in [0.4, 0.5) is 0 Å². The number of likely N-dealkylation sites (tertiary alicyclic amines) is 1. The number of amides is 1. The van der Waals surface area contributed by atoms with Crippen molar-refractivity contribution >= 4 is 5.91 Å². The van der Waals surface area contributed by atoms with Gasteiger partial charge in [-0.3, -0.25) is 4.79 Å². The van der Waals surface area contributed by atoms with Gasteiger partial charge in [0.25, 0.3) is 0 Å². The molecule has 0 bridgehead atoms. The van der Waals surface area contributed by atoms with Crippen LogP contribution in [0.5, 0.6) is 0 Å². The quantitative estimate of drug-likeness (QED) is 0.505. The molecule has 1 unspecified atom stereocenters. The topological polar surface area (TPSA) is 44.1 Å². The Morgan fingerprint density at radius 3 is 2.82 bits per heavy atom. The fourth-order valence-electron chi connectivity index (χ4n) is 2.02. The smallest absolute Gasteiger partial charge is 0.220 e. The van der Waals surface area contributed by atoms with Gasteiger partial charge in [-0.15, -0.1) is 0 Å². The summed E-state index contributed by atoms with van der Waals surface area (Å²) in [6, 6.07) is 2.45. The number of carbonyl (C=O) groups is 1. The number of rotatable bonds is 0. The number of hydrogen-bond donors (Lipinski definition) is 0. The number of carbonyl (C=O) groups excluding carboxylic acids is 1. The predicted octanol–water partition coefficient (Wildman–Crippen LogP) is 0.519. The van der Waals surface area contributed by atoms with E-state index in [-0.39, 0.29) is 11.9 Å². The van der Waals surface area contributed by atoms with Crippen LogP contribution in [-0.4, -0.2) is 22.9 Å². The monoisotopic (exact) mass is 150 g/mol. The molecule has 0 N–H and O–H groups in total. The molecular weight excluding hydrogens is 140 g/mol. The van der Waals surface area contributed by atoms with E-state index in [2.05, 4.69) is 6.07 Å². The Balaban J connectivity index is 2.16. The molecule has 1 saturated carbocycles. The third-order valence-electron chi connectivity index (χ3n) is 2.62. The molecule has 3 nitrogen and oxygen atoms in total. The van der Waals surface area contributed by atoms with Crippen molar-refractivity contribution in [1.29, 1.82) is 5.26 Å². The van der Waals surface area contributed by atoms with Crippen LogP contribution in [0, 0.1) is 17.2 Å². The van der Waals surface area contributed by atoms with Gasteiger partial charge >= 0.3 is 0 Å². The van der Waals surface area contributed by atoms with Gasteiger partial charge < -0.3 is 4.90 Å². The highest BCUT2D eigenvalue weighted by Crippen LogP contribution is 2.47. The standard InChI is InChI=1S/C8H10N2O/c1-5(11)10-7(4-9)2-6-3-8(6)10/h6-8H,2-3H2,1H3/t6-,7?,8+/m1/s1. The molecule has 0 aromatic carbocycles. The predicted molar refractivity (Wildman–Crippen MR) is 38.4 cm³/mol. The largest absolute Gasteiger partial charge is 0.324 e. The molecule has 2 fully saturated rings. The lowest BCUT2D eigenvalue weighted by molar-refractivity contribution is -0.129. The van der Waals surface area contributed by atoms with E-state index in [0.717, 1.165) is 12.8 Å². The maximum atomic E-state index is 11.0. The molecule has 0 aromatic heterocycles. The van der Waals surface area contributed by atoms with Gasteiger partial charge in [-0.2, -0.15) is 5.26 Å². The molecule has 3 heteroatoms. The zero-order chi connectivity index (χ0) is 8.01. The minimum atomic E-state index is -0.128. The van der Waals surface area contributed by atoms with E-state index in [4.69, 9.17) is 5.26 Å². The molecule has 0 aromatic rings. The first-order valence-corrected chi connectivity index (χ1v) is 3.92. The summed E-state index contributed by atoms with van der Waals surface area (Å²) in [7, 11) is 0. The molecule has 1 amide bonds. The maximum absolute atomic E-state index is 11.0. The Morgan fingerprint density at radius 2 is 2.36 bits per heavy atom. The molecule has 0 radical (unpaired) electrons. The van der Waals surface area contributed by atoms with E-state index in [1.54, 1.807) is 11.8 Å². The number of nitriles is 1. The normalized spacial score (nSPS) is 39.6. The Bertz CT molecular complexity index is 243. The highest BCUT2D eigenvalue weighted by molar-refractivity contribution is 5.75. The Kier molecular flexibility index (Phi) is 1.19. The van der Waals surface area contributed by atoms with Gasteiger partial charge in [0.05, 0.1) is 6.07 Å². The fraction of sp³-hybridized carbons (Fsp3) is 0.750. The van der Waals surface area contributed by atoms with Gasteiger partial charge in [-0.1, -0.05) is 0 Å². The van der Waals surface area contributed by atoms with Crippen LogP contribution in [-0.2, 0) is 4.79 Å². The molecular formula is C8H10N2O. The van der Waals surface area contributed by atoms with E-state index in [1.807, 2.05) is 0 Å². The lowest BCUT2D eigenvalue weighted by Crippen LogP contribution is -2.35. The molecule has 1 aliphatic carbocycles. The third-order valence-corrected chi connectivity index (χ3v) is 2.62. The first kappa shape index (κ1) is 6.66. The van der Waals surface area contributed by atoms with Crippen molar-refractivity contribution in [2.24, 2.45) is 5.92 Å². The van der Waals surface area contributed by atoms with E-state index in [9.17, 15) is 4.79 Å². The van der Waals surface area contributed by atoms with Gasteiger partial charge in [-0.05, 0) is 18.8 Å². The van der Waals surface area contributed by atoms with Crippen LogP contribution in [0.3, 0.4) is 0 Å². The summed E-state index contributed by atoms with van der Waals surface area (Å²) in [5.74, 6) is 0.699. The SMILES string of the molecule is CC(=O)N1C(C#N)C[C@@H]2C[C@@H]21. The van der Waals surface area contributed by atoms with Crippen LogP contribution >= 0.6 is 0 Å². The van der Waals surface area contributed by atoms with Gasteiger partial charge in [-0.25, -0.2) is 0 Å². The average Bonchev–Trinajstić information content (AvgIpc) is 2.61. The fourth-order valence-corrected chi connectivity index (χ4v) is 2.02. The first-order valence-electron chi connectivity index (χ1n) is 3.92. The minimum absolute atomic E-state index is 0.0570. The summed E-state index contributed by atoms with van der Waals surface area (Å²) >= 11 is 0. The zero-order valence-corrected chi connectivity index (χ0v) is 6.45. The van der Waals surface area contributed by atoms with Crippen molar-refractivity contribution in [2.45, 2.75) is 31.8 Å². The lowest BCUT2D eigenvalue weighted by atomic mass is 10.2. The van der Waals surface area contributed by atoms with Gasteiger partial charge in [0, 0.05) is 13.0 Å². The van der Waals surface area contributed by atoms with Crippen molar-refractivity contribution in [3.05, 3.63) is 0 Å². The van der Waals surface area contributed by atoms with E-state index >= 15 is 0 Å². The van der Waals surface area contributed by atoms with Crippen LogP contribution < -0.4 is 0 Å². The van der Waals surface area contributed by atoms with Crippen LogP contribution in [0.25, 0.3) is 0 Å². The molecule has 11 heavy (non-hydrogen) atoms. The van der Waals surface area contributed by atoms with E-state index < -0.39 is 0 Å². The molecule has 2 aliphatic rings. The van der Waals surface area contributed by atoms with E-state index in [0.29, 0.717) is 12.0 Å². The van der Waals surface area contributed by atoms with Gasteiger partial charge in [0.1, 0.15) is 6.04 Å². The average molecular weight is 150 g/mol. The zero-order valence-electron chi connectivity index (χ0n) is 6.45. The highest BCUT2D eigenvalue weighted by atomic mass is 16.2. The number of hydrogen-bond acceptors (Lipinski definition) is 2. The summed E-state index contributed by atoms with van der Waals surface area (Å²) < 4.78 is 0. The van der Waals surface area contributed by atoms with Crippen molar-refractivity contribution in [3.63, 3.8) is 0 Å². The molecule has 0 spiro atoms. The summed E-state index contributed by atoms with van der Waals surface area (Å²) in [4.78, 5) is 12.8. The van der Waals surface area contributed by atoms with E-state index in [1.165, 1.54) is 0 Å². The molecule has 3 atom stereocenters. The highest BCUT2D eigenvalue weighted by Gasteiger charge is 2.53. The molecule has 1 saturated heterocycles. The Morgan fingerprint density at radius 1 is 1.64 bits per heavy atom. The van der Waals surface area contributed by atoms with Crippen LogP contribution in [0.15, 0.2) is 0 Å². The van der Waals surface area contributed by atoms with Crippen molar-refractivity contribution in [1.82, 2.24) is 4.90 Å².